The zero-order valence-electron chi connectivity index (χ0n) is 13.1. The van der Waals surface area contributed by atoms with Crippen molar-refractivity contribution in [3.63, 3.8) is 0 Å². The van der Waals surface area contributed by atoms with Crippen LogP contribution < -0.4 is 0 Å². The van der Waals surface area contributed by atoms with Gasteiger partial charge in [0, 0.05) is 11.1 Å². The first-order valence-electron chi connectivity index (χ1n) is 7.30. The summed E-state index contributed by atoms with van der Waals surface area (Å²) in [4.78, 5) is 13.2. The average molecular weight is 379 g/mol. The highest BCUT2D eigenvalue weighted by Crippen LogP contribution is 2.37. The van der Waals surface area contributed by atoms with Crippen LogP contribution in [0.2, 0.25) is 0 Å². The summed E-state index contributed by atoms with van der Waals surface area (Å²) in [5.41, 5.74) is 3.97. The molecule has 3 aromatic rings. The Morgan fingerprint density at radius 1 is 0.625 bits per heavy atom. The van der Waals surface area contributed by atoms with E-state index in [4.69, 9.17) is 34.8 Å². The van der Waals surface area contributed by atoms with Gasteiger partial charge in [-0.2, -0.15) is 0 Å². The molecule has 0 fully saturated rings. The van der Waals surface area contributed by atoms with Gasteiger partial charge in [0.1, 0.15) is 0 Å². The second kappa shape index (κ2) is 6.67. The van der Waals surface area contributed by atoms with Crippen LogP contribution in [-0.2, 0) is 3.79 Å². The molecular formula is C18H14Cl3N3. The van der Waals surface area contributed by atoms with E-state index in [0.717, 1.165) is 22.3 Å². The minimum absolute atomic E-state index is 0.105. The lowest BCUT2D eigenvalue weighted by atomic mass is 10.1. The van der Waals surface area contributed by atoms with Crippen LogP contribution in [0.4, 0.5) is 0 Å². The Morgan fingerprint density at radius 3 is 1.33 bits per heavy atom. The molecule has 0 saturated carbocycles. The summed E-state index contributed by atoms with van der Waals surface area (Å²) in [7, 11) is 0. The molecule has 3 rings (SSSR count). The number of halogens is 3. The molecule has 1 aromatic heterocycles. The predicted molar refractivity (Wildman–Crippen MR) is 99.4 cm³/mol. The number of hydrogen-bond donors (Lipinski definition) is 0. The number of nitrogens with zero attached hydrogens (tertiary/aromatic N) is 3. The van der Waals surface area contributed by atoms with Gasteiger partial charge in [0.25, 0.3) is 0 Å². The van der Waals surface area contributed by atoms with Crippen LogP contribution >= 0.6 is 34.8 Å². The summed E-state index contributed by atoms with van der Waals surface area (Å²) in [5, 5.41) is 0. The number of benzene rings is 2. The van der Waals surface area contributed by atoms with Crippen molar-refractivity contribution in [3.8, 4) is 22.8 Å². The maximum atomic E-state index is 6.01. The third-order valence-electron chi connectivity index (χ3n) is 3.51. The highest BCUT2D eigenvalue weighted by Gasteiger charge is 2.28. The number of aryl methyl sites for hydroxylation is 2. The zero-order chi connectivity index (χ0) is 17.3. The second-order valence-electron chi connectivity index (χ2n) is 5.54. The molecule has 6 heteroatoms. The Labute approximate surface area is 155 Å². The second-order valence-corrected chi connectivity index (χ2v) is 7.82. The van der Waals surface area contributed by atoms with E-state index >= 15 is 0 Å². The molecule has 122 valence electrons. The summed E-state index contributed by atoms with van der Waals surface area (Å²) in [6.07, 6.45) is 0. The lowest BCUT2D eigenvalue weighted by Crippen LogP contribution is -2.11. The number of alkyl halides is 3. The van der Waals surface area contributed by atoms with Crippen molar-refractivity contribution < 1.29 is 0 Å². The molecule has 0 bridgehead atoms. The largest absolute Gasteiger partial charge is 0.250 e. The lowest BCUT2D eigenvalue weighted by Gasteiger charge is -2.12. The minimum Gasteiger partial charge on any atom is -0.208 e. The highest BCUT2D eigenvalue weighted by molar-refractivity contribution is 6.66. The fourth-order valence-corrected chi connectivity index (χ4v) is 2.42. The highest BCUT2D eigenvalue weighted by atomic mass is 35.6. The summed E-state index contributed by atoms with van der Waals surface area (Å²) in [5.74, 6) is 1.05. The van der Waals surface area contributed by atoms with Crippen molar-refractivity contribution in [2.45, 2.75) is 17.6 Å². The number of rotatable bonds is 2. The summed E-state index contributed by atoms with van der Waals surface area (Å²) < 4.78 is -1.72. The van der Waals surface area contributed by atoms with Gasteiger partial charge >= 0.3 is 0 Å². The van der Waals surface area contributed by atoms with Gasteiger partial charge in [-0.15, -0.1) is 0 Å². The Morgan fingerprint density at radius 2 is 1.00 bits per heavy atom. The van der Waals surface area contributed by atoms with Crippen molar-refractivity contribution in [1.29, 1.82) is 0 Å². The predicted octanol–water partition coefficient (Wildman–Crippen LogP) is 5.65. The van der Waals surface area contributed by atoms with E-state index in [-0.39, 0.29) is 5.82 Å². The fraction of sp³-hybridized carbons (Fsp3) is 0.167. The van der Waals surface area contributed by atoms with E-state index in [9.17, 15) is 0 Å². The quantitative estimate of drug-likeness (QED) is 0.541. The summed E-state index contributed by atoms with van der Waals surface area (Å²) >= 11 is 18.0. The van der Waals surface area contributed by atoms with Gasteiger partial charge in [-0.25, -0.2) is 15.0 Å². The molecular weight excluding hydrogens is 365 g/mol. The first-order valence-corrected chi connectivity index (χ1v) is 8.44. The van der Waals surface area contributed by atoms with Crippen molar-refractivity contribution in [2.75, 3.05) is 0 Å². The molecule has 0 N–H and O–H groups in total. The van der Waals surface area contributed by atoms with Crippen LogP contribution in [0.15, 0.2) is 48.5 Å². The molecule has 0 amide bonds. The van der Waals surface area contributed by atoms with Crippen molar-refractivity contribution in [2.24, 2.45) is 0 Å². The SMILES string of the molecule is Cc1ccc(-c2nc(-c3ccc(C)cc3)nc(C(Cl)(Cl)Cl)n2)cc1. The Hall–Kier alpha value is -1.68. The van der Waals surface area contributed by atoms with E-state index in [0.29, 0.717) is 11.6 Å². The van der Waals surface area contributed by atoms with E-state index in [1.807, 2.05) is 62.4 Å². The van der Waals surface area contributed by atoms with Gasteiger partial charge < -0.3 is 0 Å². The lowest BCUT2D eigenvalue weighted by molar-refractivity contribution is 0.931. The van der Waals surface area contributed by atoms with Gasteiger partial charge in [-0.05, 0) is 13.8 Å². The average Bonchev–Trinajstić information content (AvgIpc) is 2.55. The van der Waals surface area contributed by atoms with E-state index in [1.54, 1.807) is 0 Å². The summed E-state index contributed by atoms with van der Waals surface area (Å²) in [6.45, 7) is 4.03. The van der Waals surface area contributed by atoms with Gasteiger partial charge in [0.05, 0.1) is 0 Å². The molecule has 0 atom stereocenters. The van der Waals surface area contributed by atoms with Crippen LogP contribution in [0, 0.1) is 13.8 Å². The molecule has 0 radical (unpaired) electrons. The minimum atomic E-state index is -1.72. The molecule has 0 aliphatic carbocycles. The van der Waals surface area contributed by atoms with E-state index in [2.05, 4.69) is 15.0 Å². The number of hydrogen-bond acceptors (Lipinski definition) is 3. The topological polar surface area (TPSA) is 38.7 Å². The molecule has 0 aliphatic rings. The van der Waals surface area contributed by atoms with Crippen LogP contribution in [-0.4, -0.2) is 15.0 Å². The van der Waals surface area contributed by atoms with Gasteiger partial charge in [0.2, 0.25) is 3.79 Å². The van der Waals surface area contributed by atoms with Crippen LogP contribution in [0.1, 0.15) is 17.0 Å². The Balaban J connectivity index is 2.17. The molecule has 0 saturated heterocycles. The third-order valence-corrected chi connectivity index (χ3v) is 4.02. The van der Waals surface area contributed by atoms with Gasteiger partial charge in [0.15, 0.2) is 17.5 Å². The van der Waals surface area contributed by atoms with Gasteiger partial charge in [-0.3, -0.25) is 0 Å². The Bertz CT molecular complexity index is 790. The first kappa shape index (κ1) is 17.2. The monoisotopic (exact) mass is 377 g/mol. The normalized spacial score (nSPS) is 11.5. The van der Waals surface area contributed by atoms with Crippen LogP contribution in [0.25, 0.3) is 22.8 Å². The van der Waals surface area contributed by atoms with Crippen molar-refractivity contribution >= 4 is 34.8 Å². The Kier molecular flexibility index (Phi) is 4.77. The standard InChI is InChI=1S/C18H14Cl3N3/c1-11-3-7-13(8-4-11)15-22-16(14-9-5-12(2)6-10-14)24-17(23-15)18(19,20)21/h3-10H,1-2H3. The smallest absolute Gasteiger partial charge is 0.208 e. The molecule has 0 spiro atoms. The maximum Gasteiger partial charge on any atom is 0.250 e. The zero-order valence-corrected chi connectivity index (χ0v) is 15.4. The first-order chi connectivity index (χ1) is 11.3. The molecule has 24 heavy (non-hydrogen) atoms. The number of aromatic nitrogens is 3. The van der Waals surface area contributed by atoms with Crippen molar-refractivity contribution in [3.05, 3.63) is 65.5 Å². The molecule has 3 nitrogen and oxygen atoms in total. The van der Waals surface area contributed by atoms with E-state index in [1.165, 1.54) is 0 Å². The fourth-order valence-electron chi connectivity index (χ4n) is 2.17. The summed E-state index contributed by atoms with van der Waals surface area (Å²) in [6, 6.07) is 15.7. The molecule has 0 aliphatic heterocycles. The molecule has 2 aromatic carbocycles. The van der Waals surface area contributed by atoms with Crippen molar-refractivity contribution in [1.82, 2.24) is 15.0 Å². The maximum absolute atomic E-state index is 6.01. The molecule has 1 heterocycles. The molecule has 0 unspecified atom stereocenters. The van der Waals surface area contributed by atoms with Crippen LogP contribution in [0.5, 0.6) is 0 Å². The van der Waals surface area contributed by atoms with E-state index < -0.39 is 3.79 Å². The third kappa shape index (κ3) is 3.86. The van der Waals surface area contributed by atoms with Crippen LogP contribution in [0.3, 0.4) is 0 Å². The van der Waals surface area contributed by atoms with Gasteiger partial charge in [-0.1, -0.05) is 94.5 Å².